The Morgan fingerprint density at radius 2 is 1.33 bits per heavy atom. The molecule has 2 aliphatic rings. The maximum absolute atomic E-state index is 12.9. The van der Waals surface area contributed by atoms with Crippen molar-refractivity contribution in [3.63, 3.8) is 0 Å². The molecule has 30 heavy (non-hydrogen) atoms. The molecule has 0 radical (unpaired) electrons. The number of carbonyl (C=O) groups is 6. The van der Waals surface area contributed by atoms with E-state index in [2.05, 4.69) is 0 Å². The molecule has 2 heterocycles. The fourth-order valence-corrected chi connectivity index (χ4v) is 6.54. The van der Waals surface area contributed by atoms with E-state index in [9.17, 15) is 33.9 Å². The zero-order valence-electron chi connectivity index (χ0n) is 16.7. The van der Waals surface area contributed by atoms with E-state index in [1.165, 1.54) is 12.1 Å². The summed E-state index contributed by atoms with van der Waals surface area (Å²) in [7, 11) is 0. The van der Waals surface area contributed by atoms with Crippen molar-refractivity contribution in [1.29, 1.82) is 0 Å². The van der Waals surface area contributed by atoms with Gasteiger partial charge in [-0.25, -0.2) is 0 Å². The van der Waals surface area contributed by atoms with Gasteiger partial charge in [-0.05, 0) is 0 Å². The Bertz CT molecular complexity index is 979. The number of rotatable bonds is 5. The monoisotopic (exact) mass is 524 g/mol. The normalized spacial score (nSPS) is 17.2. The summed E-state index contributed by atoms with van der Waals surface area (Å²) in [4.78, 5) is 84.9. The molecule has 0 aromatic heterocycles. The second kappa shape index (κ2) is 7.82. The summed E-state index contributed by atoms with van der Waals surface area (Å²) in [5, 5.41) is 10.1. The molecule has 3 rings (SSSR count). The van der Waals surface area contributed by atoms with Gasteiger partial charge in [0, 0.05) is 0 Å². The molecule has 1 aromatic rings. The van der Waals surface area contributed by atoms with Crippen molar-refractivity contribution in [1.82, 2.24) is 5.06 Å². The molecule has 2 fully saturated rings. The first-order chi connectivity index (χ1) is 13.9. The third-order valence-corrected chi connectivity index (χ3v) is 10.6. The third-order valence-electron chi connectivity index (χ3n) is 4.88. The number of carboxylic acid groups (broad SMARTS) is 1. The maximum atomic E-state index is 12.9. The van der Waals surface area contributed by atoms with Crippen molar-refractivity contribution < 1.29 is 38.7 Å². The van der Waals surface area contributed by atoms with Crippen molar-refractivity contribution in [3.8, 4) is 0 Å². The SMILES string of the molecule is [CH3][Sn]([CH3])([CH3])[c]1cc(C(=O)O)c(N2C(=O)CCC2=O)c(C(=O)ON2C(=O)CCC2=O)c1. The number of aromatic carboxylic acids is 1. The van der Waals surface area contributed by atoms with Crippen LogP contribution in [0.3, 0.4) is 0 Å². The third kappa shape index (κ3) is 3.95. The molecule has 1 N–H and O–H groups in total. The molecular weight excluding hydrogens is 503 g/mol. The van der Waals surface area contributed by atoms with Crippen LogP contribution in [0.5, 0.6) is 0 Å². The summed E-state index contributed by atoms with van der Waals surface area (Å²) in [6.07, 6.45) is -0.451. The Morgan fingerprint density at radius 3 is 1.80 bits per heavy atom. The second-order valence-electron chi connectivity index (χ2n) is 8.06. The van der Waals surface area contributed by atoms with Crippen molar-refractivity contribution in [3.05, 3.63) is 23.3 Å². The van der Waals surface area contributed by atoms with Gasteiger partial charge in [0.15, 0.2) is 0 Å². The summed E-state index contributed by atoms with van der Waals surface area (Å²) >= 11 is -2.96. The first-order valence-electron chi connectivity index (χ1n) is 9.27. The molecule has 0 aliphatic carbocycles. The zero-order chi connectivity index (χ0) is 22.4. The van der Waals surface area contributed by atoms with Gasteiger partial charge in [0.1, 0.15) is 0 Å². The van der Waals surface area contributed by atoms with Gasteiger partial charge < -0.3 is 0 Å². The van der Waals surface area contributed by atoms with Gasteiger partial charge in [0.2, 0.25) is 0 Å². The number of carboxylic acids is 1. The minimum absolute atomic E-state index is 0.110. The number of benzene rings is 1. The van der Waals surface area contributed by atoms with Crippen LogP contribution in [0, 0.1) is 0 Å². The Labute approximate surface area is 175 Å². The Kier molecular flexibility index (Phi) is 5.72. The molecule has 10 nitrogen and oxygen atoms in total. The molecule has 2 saturated heterocycles. The van der Waals surface area contributed by atoms with E-state index in [4.69, 9.17) is 4.84 Å². The van der Waals surface area contributed by atoms with Crippen LogP contribution in [0.2, 0.25) is 14.8 Å². The van der Waals surface area contributed by atoms with Crippen LogP contribution in [0.1, 0.15) is 46.4 Å². The molecule has 0 unspecified atom stereocenters. The topological polar surface area (TPSA) is 138 Å². The average molecular weight is 523 g/mol. The molecule has 1 aromatic carbocycles. The number of amides is 4. The van der Waals surface area contributed by atoms with Gasteiger partial charge in [0.25, 0.3) is 0 Å². The number of hydrogen-bond acceptors (Lipinski definition) is 7. The second-order valence-corrected chi connectivity index (χ2v) is 22.5. The van der Waals surface area contributed by atoms with Gasteiger partial charge in [-0.15, -0.1) is 0 Å². The van der Waals surface area contributed by atoms with Gasteiger partial charge in [-0.2, -0.15) is 0 Å². The Balaban J connectivity index is 2.21. The van der Waals surface area contributed by atoms with E-state index in [0.29, 0.717) is 13.5 Å². The van der Waals surface area contributed by atoms with E-state index >= 15 is 0 Å². The minimum atomic E-state index is -2.96. The van der Waals surface area contributed by atoms with E-state index in [1.54, 1.807) is 0 Å². The standard InChI is InChI=1S/C16H11N2O8.3CH3.Sn/c19-10-4-5-11(20)17(10)14-8(15(23)24)2-1-3-9(14)16(25)26-18-12(21)6-7-13(18)22;;;;/h2-3H,4-7H2,(H,23,24);3*1H3;. The number of anilines is 1. The van der Waals surface area contributed by atoms with Crippen molar-refractivity contribution in [2.75, 3.05) is 4.90 Å². The first kappa shape index (κ1) is 21.9. The predicted octanol–water partition coefficient (Wildman–Crippen LogP) is 0.804. The van der Waals surface area contributed by atoms with Gasteiger partial charge in [-0.1, -0.05) is 0 Å². The van der Waals surface area contributed by atoms with Gasteiger partial charge >= 0.3 is 176 Å². The van der Waals surface area contributed by atoms with Gasteiger partial charge in [0.05, 0.1) is 0 Å². The predicted molar refractivity (Wildman–Crippen MR) is 105 cm³/mol. The Morgan fingerprint density at radius 1 is 0.867 bits per heavy atom. The molecular formula is C19H20N2O8Sn. The van der Waals surface area contributed by atoms with Crippen LogP contribution in [0.4, 0.5) is 5.69 Å². The molecule has 4 amide bonds. The van der Waals surface area contributed by atoms with Crippen LogP contribution >= 0.6 is 0 Å². The molecule has 0 atom stereocenters. The van der Waals surface area contributed by atoms with Crippen LogP contribution in [0.15, 0.2) is 12.1 Å². The quantitative estimate of drug-likeness (QED) is 0.442. The number of hydrogen-bond donors (Lipinski definition) is 1. The summed E-state index contributed by atoms with van der Waals surface area (Å²) in [5.41, 5.74) is -1.11. The average Bonchev–Trinajstić information content (AvgIpc) is 3.15. The van der Waals surface area contributed by atoms with Crippen LogP contribution in [-0.4, -0.2) is 64.1 Å². The van der Waals surface area contributed by atoms with Crippen LogP contribution in [-0.2, 0) is 24.0 Å². The Hall–Kier alpha value is -2.76. The van der Waals surface area contributed by atoms with Crippen LogP contribution < -0.4 is 8.48 Å². The summed E-state index contributed by atoms with van der Waals surface area (Å²) in [6.45, 7) is 0. The van der Waals surface area contributed by atoms with E-state index in [-0.39, 0.29) is 36.8 Å². The molecule has 11 heteroatoms. The van der Waals surface area contributed by atoms with E-state index < -0.39 is 59.6 Å². The van der Waals surface area contributed by atoms with E-state index in [1.807, 2.05) is 14.8 Å². The van der Waals surface area contributed by atoms with Crippen LogP contribution in [0.25, 0.3) is 0 Å². The van der Waals surface area contributed by atoms with Gasteiger partial charge in [-0.3, -0.25) is 0 Å². The fourth-order valence-electron chi connectivity index (χ4n) is 3.24. The molecule has 158 valence electrons. The van der Waals surface area contributed by atoms with E-state index in [0.717, 1.165) is 0 Å². The molecule has 0 spiro atoms. The molecule has 2 aliphatic heterocycles. The first-order valence-corrected chi connectivity index (χ1v) is 19.3. The van der Waals surface area contributed by atoms with Crippen molar-refractivity contribution >= 4 is 63.2 Å². The fraction of sp³-hybridized carbons (Fsp3) is 0.368. The summed E-state index contributed by atoms with van der Waals surface area (Å²) in [6, 6.07) is 2.79. The summed E-state index contributed by atoms with van der Waals surface area (Å²) < 4.78 is 0.635. The van der Waals surface area contributed by atoms with Crippen molar-refractivity contribution in [2.45, 2.75) is 40.5 Å². The number of imide groups is 2. The molecule has 0 bridgehead atoms. The zero-order valence-corrected chi connectivity index (χ0v) is 19.5. The van der Waals surface area contributed by atoms with Crippen molar-refractivity contribution in [2.24, 2.45) is 0 Å². The number of nitrogens with zero attached hydrogens (tertiary/aromatic N) is 2. The molecule has 0 saturated carbocycles. The number of carbonyl (C=O) groups excluding carboxylic acids is 5. The summed E-state index contributed by atoms with van der Waals surface area (Å²) in [5.74, 6) is -5.28. The number of hydroxylamine groups is 2.